The lowest BCUT2D eigenvalue weighted by Crippen LogP contribution is -2.19. The normalized spacial score (nSPS) is 13.3. The molecule has 6 heteroatoms. The molecule has 20 heavy (non-hydrogen) atoms. The Morgan fingerprint density at radius 3 is 2.50 bits per heavy atom. The first-order valence-corrected chi connectivity index (χ1v) is 5.83. The second-order valence-corrected chi connectivity index (χ2v) is 4.44. The molecule has 2 nitrogen and oxygen atoms in total. The van der Waals surface area contributed by atoms with Gasteiger partial charge >= 0.3 is 6.18 Å². The number of nitrogens with zero attached hydrogens (tertiary/aromatic N) is 1. The highest BCUT2D eigenvalue weighted by Gasteiger charge is 2.35. The minimum absolute atomic E-state index is 0.172. The monoisotopic (exact) mass is 284 g/mol. The van der Waals surface area contributed by atoms with Gasteiger partial charge in [-0.15, -0.1) is 0 Å². The topological polar surface area (TPSA) is 38.9 Å². The molecule has 0 aliphatic rings. The number of hydrogen-bond acceptors (Lipinski definition) is 2. The van der Waals surface area contributed by atoms with E-state index in [2.05, 4.69) is 4.98 Å². The van der Waals surface area contributed by atoms with E-state index in [1.165, 1.54) is 12.1 Å². The van der Waals surface area contributed by atoms with Gasteiger partial charge in [-0.1, -0.05) is 6.07 Å². The summed E-state index contributed by atoms with van der Waals surface area (Å²) in [5.41, 5.74) is 5.78. The summed E-state index contributed by atoms with van der Waals surface area (Å²) in [7, 11) is 0. The number of rotatable bonds is 2. The SMILES string of the molecule is Cc1ccc(F)cc1C(N)c1cnccc1C(F)(F)F. The van der Waals surface area contributed by atoms with Gasteiger partial charge < -0.3 is 5.73 Å². The van der Waals surface area contributed by atoms with Crippen LogP contribution >= 0.6 is 0 Å². The number of nitrogens with two attached hydrogens (primary N) is 1. The summed E-state index contributed by atoms with van der Waals surface area (Å²) in [5, 5.41) is 0. The number of aryl methyl sites for hydroxylation is 1. The molecule has 1 aromatic carbocycles. The lowest BCUT2D eigenvalue weighted by Gasteiger charge is -2.19. The maximum Gasteiger partial charge on any atom is 0.416 e. The smallest absolute Gasteiger partial charge is 0.320 e. The molecule has 2 rings (SSSR count). The Kier molecular flexibility index (Phi) is 3.76. The van der Waals surface area contributed by atoms with Crippen molar-refractivity contribution in [3.63, 3.8) is 0 Å². The molecule has 106 valence electrons. The lowest BCUT2D eigenvalue weighted by molar-refractivity contribution is -0.138. The van der Waals surface area contributed by atoms with Gasteiger partial charge in [-0.25, -0.2) is 4.39 Å². The minimum Gasteiger partial charge on any atom is -0.320 e. The van der Waals surface area contributed by atoms with Gasteiger partial charge in [0.25, 0.3) is 0 Å². The van der Waals surface area contributed by atoms with Crippen LogP contribution in [0.1, 0.15) is 28.3 Å². The van der Waals surface area contributed by atoms with Gasteiger partial charge in [0.2, 0.25) is 0 Å². The van der Waals surface area contributed by atoms with Crippen LogP contribution in [-0.4, -0.2) is 4.98 Å². The van der Waals surface area contributed by atoms with Crippen LogP contribution in [0, 0.1) is 12.7 Å². The zero-order chi connectivity index (χ0) is 14.9. The maximum atomic E-state index is 13.3. The molecular formula is C14H12F4N2. The van der Waals surface area contributed by atoms with Gasteiger partial charge in [-0.2, -0.15) is 13.2 Å². The molecule has 0 aliphatic carbocycles. The number of benzene rings is 1. The molecule has 0 aliphatic heterocycles. The molecule has 2 N–H and O–H groups in total. The minimum atomic E-state index is -4.53. The zero-order valence-corrected chi connectivity index (χ0v) is 10.6. The largest absolute Gasteiger partial charge is 0.416 e. The molecule has 0 fully saturated rings. The van der Waals surface area contributed by atoms with Crippen LogP contribution in [0.4, 0.5) is 17.6 Å². The van der Waals surface area contributed by atoms with Crippen molar-refractivity contribution in [2.45, 2.75) is 19.1 Å². The van der Waals surface area contributed by atoms with Gasteiger partial charge in [-0.3, -0.25) is 4.98 Å². The van der Waals surface area contributed by atoms with Crippen LogP contribution in [0.25, 0.3) is 0 Å². The molecular weight excluding hydrogens is 272 g/mol. The number of aromatic nitrogens is 1. The quantitative estimate of drug-likeness (QED) is 0.856. The summed E-state index contributed by atoms with van der Waals surface area (Å²) >= 11 is 0. The highest BCUT2D eigenvalue weighted by molar-refractivity contribution is 5.40. The average Bonchev–Trinajstić information content (AvgIpc) is 2.40. The first-order valence-electron chi connectivity index (χ1n) is 5.83. The van der Waals surface area contributed by atoms with Crippen LogP contribution < -0.4 is 5.73 Å². The fraction of sp³-hybridized carbons (Fsp3) is 0.214. The second-order valence-electron chi connectivity index (χ2n) is 4.44. The predicted molar refractivity (Wildman–Crippen MR) is 66.4 cm³/mol. The Bertz CT molecular complexity index is 623. The Hall–Kier alpha value is -1.95. The molecule has 1 atom stereocenters. The van der Waals surface area contributed by atoms with Crippen molar-refractivity contribution in [2.24, 2.45) is 5.73 Å². The number of pyridine rings is 1. The highest BCUT2D eigenvalue weighted by Crippen LogP contribution is 2.35. The van der Waals surface area contributed by atoms with Crippen molar-refractivity contribution < 1.29 is 17.6 Å². The molecule has 0 radical (unpaired) electrons. The van der Waals surface area contributed by atoms with Crippen LogP contribution in [0.15, 0.2) is 36.7 Å². The van der Waals surface area contributed by atoms with Gasteiger partial charge in [0, 0.05) is 18.0 Å². The van der Waals surface area contributed by atoms with Gasteiger partial charge in [-0.05, 0) is 36.2 Å². The highest BCUT2D eigenvalue weighted by atomic mass is 19.4. The molecule has 0 bridgehead atoms. The predicted octanol–water partition coefficient (Wildman–Crippen LogP) is 3.60. The van der Waals surface area contributed by atoms with E-state index in [-0.39, 0.29) is 5.56 Å². The Morgan fingerprint density at radius 2 is 1.85 bits per heavy atom. The standard InChI is InChI=1S/C14H12F4N2/c1-8-2-3-9(15)6-10(8)13(19)11-7-20-5-4-12(11)14(16,17)18/h2-7,13H,19H2,1H3. The summed E-state index contributed by atoms with van der Waals surface area (Å²) in [6.45, 7) is 1.66. The third-order valence-electron chi connectivity index (χ3n) is 3.07. The van der Waals surface area contributed by atoms with Crippen LogP contribution in [0.5, 0.6) is 0 Å². The van der Waals surface area contributed by atoms with Crippen molar-refractivity contribution in [3.05, 3.63) is 64.7 Å². The molecule has 2 aromatic rings. The summed E-state index contributed by atoms with van der Waals surface area (Å²) in [4.78, 5) is 3.68. The number of halogens is 4. The van der Waals surface area contributed by atoms with E-state index in [0.717, 1.165) is 24.5 Å². The van der Waals surface area contributed by atoms with Crippen LogP contribution in [-0.2, 0) is 6.18 Å². The van der Waals surface area contributed by atoms with Gasteiger partial charge in [0.1, 0.15) is 5.82 Å². The zero-order valence-electron chi connectivity index (χ0n) is 10.6. The van der Waals surface area contributed by atoms with Gasteiger partial charge in [0.15, 0.2) is 0 Å². The van der Waals surface area contributed by atoms with Crippen molar-refractivity contribution in [3.8, 4) is 0 Å². The van der Waals surface area contributed by atoms with E-state index < -0.39 is 23.6 Å². The fourth-order valence-corrected chi connectivity index (χ4v) is 2.03. The van der Waals surface area contributed by atoms with E-state index >= 15 is 0 Å². The van der Waals surface area contributed by atoms with Crippen molar-refractivity contribution in [1.29, 1.82) is 0 Å². The molecule has 0 amide bonds. The summed E-state index contributed by atoms with van der Waals surface area (Å²) in [6, 6.07) is 3.64. The fourth-order valence-electron chi connectivity index (χ4n) is 2.03. The Morgan fingerprint density at radius 1 is 1.15 bits per heavy atom. The summed E-state index contributed by atoms with van der Waals surface area (Å²) < 4.78 is 52.1. The molecule has 0 spiro atoms. The molecule has 1 unspecified atom stereocenters. The third kappa shape index (κ3) is 2.80. The summed E-state index contributed by atoms with van der Waals surface area (Å²) in [5.74, 6) is -0.543. The van der Waals surface area contributed by atoms with E-state index in [1.54, 1.807) is 6.92 Å². The molecule has 1 heterocycles. The Balaban J connectivity index is 2.54. The molecule has 0 saturated heterocycles. The van der Waals surface area contributed by atoms with Crippen molar-refractivity contribution >= 4 is 0 Å². The van der Waals surface area contributed by atoms with E-state index in [0.29, 0.717) is 11.1 Å². The first kappa shape index (κ1) is 14.5. The Labute approximate surface area is 113 Å². The van der Waals surface area contributed by atoms with Crippen LogP contribution in [0.3, 0.4) is 0 Å². The molecule has 0 saturated carbocycles. The third-order valence-corrected chi connectivity index (χ3v) is 3.07. The van der Waals surface area contributed by atoms with E-state index in [1.807, 2.05) is 0 Å². The van der Waals surface area contributed by atoms with Crippen molar-refractivity contribution in [2.75, 3.05) is 0 Å². The van der Waals surface area contributed by atoms with Gasteiger partial charge in [0.05, 0.1) is 11.6 Å². The first-order chi connectivity index (χ1) is 9.30. The lowest BCUT2D eigenvalue weighted by atomic mass is 9.93. The molecule has 1 aromatic heterocycles. The maximum absolute atomic E-state index is 13.3. The van der Waals surface area contributed by atoms with E-state index in [4.69, 9.17) is 5.73 Å². The number of hydrogen-bond donors (Lipinski definition) is 1. The van der Waals surface area contributed by atoms with E-state index in [9.17, 15) is 17.6 Å². The average molecular weight is 284 g/mol. The van der Waals surface area contributed by atoms with Crippen LogP contribution in [0.2, 0.25) is 0 Å². The number of alkyl halides is 3. The second kappa shape index (κ2) is 5.20. The van der Waals surface area contributed by atoms with Crippen molar-refractivity contribution in [1.82, 2.24) is 4.98 Å². The summed E-state index contributed by atoms with van der Waals surface area (Å²) in [6.07, 6.45) is -2.41.